The molecule has 0 saturated heterocycles. The van der Waals surface area contributed by atoms with Gasteiger partial charge in [0.25, 0.3) is 0 Å². The van der Waals surface area contributed by atoms with Crippen LogP contribution in [0.15, 0.2) is 11.8 Å². The highest BCUT2D eigenvalue weighted by Crippen LogP contribution is 2.13. The van der Waals surface area contributed by atoms with Crippen molar-refractivity contribution in [3.8, 4) is 0 Å². The molecule has 0 aliphatic carbocycles. The largest absolute Gasteiger partial charge is 0.411 e. The van der Waals surface area contributed by atoms with Crippen LogP contribution in [0, 0.1) is 0 Å². The van der Waals surface area contributed by atoms with E-state index in [4.69, 9.17) is 4.84 Å². The van der Waals surface area contributed by atoms with E-state index in [1.807, 2.05) is 19.0 Å². The first-order chi connectivity index (χ1) is 3.70. The third kappa shape index (κ3) is 0.842. The van der Waals surface area contributed by atoms with Crippen molar-refractivity contribution in [3.63, 3.8) is 0 Å². The highest BCUT2D eigenvalue weighted by molar-refractivity contribution is 4.99. The SMILES string of the molecule is CC1=C[C@@H](C)N(C)O1. The van der Waals surface area contributed by atoms with Gasteiger partial charge in [-0.2, -0.15) is 0 Å². The predicted octanol–water partition coefficient (Wildman–Crippen LogP) is 1.16. The van der Waals surface area contributed by atoms with E-state index in [1.54, 1.807) is 0 Å². The topological polar surface area (TPSA) is 12.5 Å². The first-order valence-electron chi connectivity index (χ1n) is 2.79. The van der Waals surface area contributed by atoms with E-state index < -0.39 is 0 Å². The summed E-state index contributed by atoms with van der Waals surface area (Å²) in [7, 11) is 1.93. The van der Waals surface area contributed by atoms with Crippen molar-refractivity contribution in [3.05, 3.63) is 11.8 Å². The lowest BCUT2D eigenvalue weighted by atomic mass is 10.3. The molecule has 1 atom stereocenters. The van der Waals surface area contributed by atoms with Gasteiger partial charge in [-0.15, -0.1) is 5.06 Å². The number of hydrogen-bond acceptors (Lipinski definition) is 2. The van der Waals surface area contributed by atoms with Crippen LogP contribution >= 0.6 is 0 Å². The second kappa shape index (κ2) is 1.78. The summed E-state index contributed by atoms with van der Waals surface area (Å²) in [5.41, 5.74) is 0. The van der Waals surface area contributed by atoms with Crippen molar-refractivity contribution in [2.24, 2.45) is 0 Å². The molecule has 0 aromatic carbocycles. The van der Waals surface area contributed by atoms with Gasteiger partial charge in [0.15, 0.2) is 0 Å². The van der Waals surface area contributed by atoms with E-state index in [2.05, 4.69) is 13.0 Å². The second-order valence-corrected chi connectivity index (χ2v) is 2.16. The molecule has 46 valence electrons. The van der Waals surface area contributed by atoms with Gasteiger partial charge in [0.05, 0.1) is 6.04 Å². The molecule has 0 amide bonds. The van der Waals surface area contributed by atoms with Crippen LogP contribution in [-0.2, 0) is 4.84 Å². The molecular weight excluding hydrogens is 102 g/mol. The van der Waals surface area contributed by atoms with Crippen LogP contribution in [0.5, 0.6) is 0 Å². The zero-order chi connectivity index (χ0) is 6.15. The maximum absolute atomic E-state index is 5.17. The van der Waals surface area contributed by atoms with Crippen LogP contribution in [-0.4, -0.2) is 18.2 Å². The summed E-state index contributed by atoms with van der Waals surface area (Å²) in [4.78, 5) is 5.17. The van der Waals surface area contributed by atoms with Gasteiger partial charge < -0.3 is 4.84 Å². The third-order valence-corrected chi connectivity index (χ3v) is 1.34. The Bertz CT molecular complexity index is 120. The highest BCUT2D eigenvalue weighted by atomic mass is 16.7. The fourth-order valence-electron chi connectivity index (χ4n) is 0.785. The molecule has 2 heteroatoms. The highest BCUT2D eigenvalue weighted by Gasteiger charge is 2.14. The smallest absolute Gasteiger partial charge is 0.119 e. The molecule has 0 aromatic rings. The maximum atomic E-state index is 5.17. The van der Waals surface area contributed by atoms with Crippen LogP contribution in [0.3, 0.4) is 0 Å². The third-order valence-electron chi connectivity index (χ3n) is 1.34. The Balaban J connectivity index is 2.56. The summed E-state index contributed by atoms with van der Waals surface area (Å²) in [5.74, 6) is 1.00. The van der Waals surface area contributed by atoms with E-state index in [1.165, 1.54) is 0 Å². The van der Waals surface area contributed by atoms with Gasteiger partial charge in [0, 0.05) is 7.05 Å². The molecule has 0 N–H and O–H groups in total. The maximum Gasteiger partial charge on any atom is 0.119 e. The zero-order valence-corrected chi connectivity index (χ0v) is 5.51. The van der Waals surface area contributed by atoms with Crippen LogP contribution in [0.4, 0.5) is 0 Å². The zero-order valence-electron chi connectivity index (χ0n) is 5.51. The minimum atomic E-state index is 0.440. The van der Waals surface area contributed by atoms with E-state index in [-0.39, 0.29) is 0 Å². The van der Waals surface area contributed by atoms with Crippen molar-refractivity contribution in [2.45, 2.75) is 19.9 Å². The van der Waals surface area contributed by atoms with Crippen molar-refractivity contribution in [1.82, 2.24) is 5.06 Å². The summed E-state index contributed by atoms with van der Waals surface area (Å²) in [6, 6.07) is 0.440. The first kappa shape index (κ1) is 5.63. The molecule has 0 radical (unpaired) electrons. The van der Waals surface area contributed by atoms with Crippen LogP contribution in [0.1, 0.15) is 13.8 Å². The molecule has 1 aliphatic rings. The van der Waals surface area contributed by atoms with Crippen LogP contribution in [0.2, 0.25) is 0 Å². The van der Waals surface area contributed by atoms with Gasteiger partial charge in [-0.1, -0.05) is 0 Å². The fourth-order valence-corrected chi connectivity index (χ4v) is 0.785. The van der Waals surface area contributed by atoms with Crippen molar-refractivity contribution in [2.75, 3.05) is 7.05 Å². The van der Waals surface area contributed by atoms with Gasteiger partial charge in [-0.05, 0) is 19.9 Å². The van der Waals surface area contributed by atoms with Gasteiger partial charge in [-0.25, -0.2) is 0 Å². The molecule has 0 saturated carbocycles. The number of nitrogens with zero attached hydrogens (tertiary/aromatic N) is 1. The lowest BCUT2D eigenvalue weighted by Crippen LogP contribution is -2.20. The average molecular weight is 113 g/mol. The Morgan fingerprint density at radius 1 is 1.75 bits per heavy atom. The normalized spacial score (nSPS) is 29.9. The monoisotopic (exact) mass is 113 g/mol. The van der Waals surface area contributed by atoms with Crippen molar-refractivity contribution < 1.29 is 4.84 Å². The molecule has 0 aromatic heterocycles. The van der Waals surface area contributed by atoms with E-state index in [9.17, 15) is 0 Å². The number of hydroxylamine groups is 2. The molecule has 1 rings (SSSR count). The number of likely N-dealkylation sites (N-methyl/N-ethyl adjacent to an activating group) is 1. The Labute approximate surface area is 49.7 Å². The lowest BCUT2D eigenvalue weighted by molar-refractivity contribution is -0.0887. The molecule has 1 heterocycles. The fraction of sp³-hybridized carbons (Fsp3) is 0.667. The Morgan fingerprint density at radius 3 is 2.50 bits per heavy atom. The molecule has 0 unspecified atom stereocenters. The second-order valence-electron chi connectivity index (χ2n) is 2.16. The molecule has 0 fully saturated rings. The quantitative estimate of drug-likeness (QED) is 0.467. The Kier molecular flexibility index (Phi) is 1.26. The summed E-state index contributed by atoms with van der Waals surface area (Å²) in [5, 5.41) is 1.83. The van der Waals surface area contributed by atoms with E-state index in [0.29, 0.717) is 6.04 Å². The van der Waals surface area contributed by atoms with Gasteiger partial charge in [0.1, 0.15) is 5.76 Å². The Morgan fingerprint density at radius 2 is 2.38 bits per heavy atom. The lowest BCUT2D eigenvalue weighted by Gasteiger charge is -2.12. The van der Waals surface area contributed by atoms with E-state index in [0.717, 1.165) is 5.76 Å². The number of hydrogen-bond donors (Lipinski definition) is 0. The number of allylic oxidation sites excluding steroid dienone is 1. The number of rotatable bonds is 0. The van der Waals surface area contributed by atoms with Crippen LogP contribution in [0.25, 0.3) is 0 Å². The molecule has 8 heavy (non-hydrogen) atoms. The minimum absolute atomic E-state index is 0.440. The van der Waals surface area contributed by atoms with Gasteiger partial charge >= 0.3 is 0 Å². The molecule has 0 bridgehead atoms. The summed E-state index contributed by atoms with van der Waals surface area (Å²) in [6.45, 7) is 4.05. The average Bonchev–Trinajstić information content (AvgIpc) is 1.85. The molecule has 2 nitrogen and oxygen atoms in total. The standard InChI is InChI=1S/C6H11NO/c1-5-4-6(2)8-7(5)3/h4-5H,1-3H3/t5-/m1/s1. The van der Waals surface area contributed by atoms with Crippen LogP contribution < -0.4 is 0 Å². The summed E-state index contributed by atoms with van der Waals surface area (Å²) in [6.07, 6.45) is 2.08. The molecular formula is C6H11NO. The van der Waals surface area contributed by atoms with Gasteiger partial charge in [0.2, 0.25) is 0 Å². The first-order valence-corrected chi connectivity index (χ1v) is 2.79. The molecule has 1 aliphatic heterocycles. The van der Waals surface area contributed by atoms with Crippen molar-refractivity contribution in [1.29, 1.82) is 0 Å². The Hall–Kier alpha value is -0.500. The van der Waals surface area contributed by atoms with Gasteiger partial charge in [-0.3, -0.25) is 0 Å². The van der Waals surface area contributed by atoms with E-state index >= 15 is 0 Å². The predicted molar refractivity (Wildman–Crippen MR) is 32.1 cm³/mol. The summed E-state index contributed by atoms with van der Waals surface area (Å²) >= 11 is 0. The summed E-state index contributed by atoms with van der Waals surface area (Å²) < 4.78 is 0. The minimum Gasteiger partial charge on any atom is -0.411 e. The van der Waals surface area contributed by atoms with Crippen molar-refractivity contribution >= 4 is 0 Å². The molecule has 0 spiro atoms.